The summed E-state index contributed by atoms with van der Waals surface area (Å²) in [6.07, 6.45) is 5.95. The van der Waals surface area contributed by atoms with Crippen molar-refractivity contribution >= 4 is 17.2 Å². The van der Waals surface area contributed by atoms with Crippen molar-refractivity contribution in [2.45, 2.75) is 25.3 Å². The molecule has 1 saturated carbocycles. The molecule has 0 bridgehead atoms. The van der Waals surface area contributed by atoms with Crippen LogP contribution in [-0.4, -0.2) is 51.9 Å². The van der Waals surface area contributed by atoms with Gasteiger partial charge in [-0.05, 0) is 25.0 Å². The zero-order valence-corrected chi connectivity index (χ0v) is 13.8. The van der Waals surface area contributed by atoms with Crippen LogP contribution in [0.25, 0.3) is 0 Å². The van der Waals surface area contributed by atoms with Gasteiger partial charge in [0.05, 0.1) is 16.3 Å². The summed E-state index contributed by atoms with van der Waals surface area (Å²) in [4.78, 5) is 25.5. The van der Waals surface area contributed by atoms with Gasteiger partial charge in [0, 0.05) is 56.4 Å². The highest BCUT2D eigenvalue weighted by atomic mass is 32.1. The zero-order valence-electron chi connectivity index (χ0n) is 13.0. The predicted octanol–water partition coefficient (Wildman–Crippen LogP) is 2.37. The van der Waals surface area contributed by atoms with Crippen LogP contribution in [0, 0.1) is 0 Å². The molecule has 1 saturated heterocycles. The molecular formula is C17H20N4OS. The summed E-state index contributed by atoms with van der Waals surface area (Å²) in [5.74, 6) is 0.824. The lowest BCUT2D eigenvalue weighted by Crippen LogP contribution is -2.48. The summed E-state index contributed by atoms with van der Waals surface area (Å²) in [7, 11) is 0. The summed E-state index contributed by atoms with van der Waals surface area (Å²) in [6.45, 7) is 4.25. The van der Waals surface area contributed by atoms with Gasteiger partial charge in [-0.15, -0.1) is 11.3 Å². The van der Waals surface area contributed by atoms with Gasteiger partial charge < -0.3 is 4.90 Å². The quantitative estimate of drug-likeness (QED) is 0.864. The predicted molar refractivity (Wildman–Crippen MR) is 89.5 cm³/mol. The lowest BCUT2D eigenvalue weighted by atomic mass is 10.2. The first-order chi connectivity index (χ1) is 11.3. The van der Waals surface area contributed by atoms with Crippen molar-refractivity contribution in [1.29, 1.82) is 0 Å². The van der Waals surface area contributed by atoms with Crippen LogP contribution >= 0.6 is 11.3 Å². The molecule has 3 heterocycles. The van der Waals surface area contributed by atoms with Gasteiger partial charge >= 0.3 is 0 Å². The second-order valence-electron chi connectivity index (χ2n) is 6.26. The molecule has 0 N–H and O–H groups in total. The van der Waals surface area contributed by atoms with E-state index in [-0.39, 0.29) is 5.91 Å². The number of hydrogen-bond donors (Lipinski definition) is 0. The number of hydrogen-bond acceptors (Lipinski definition) is 5. The van der Waals surface area contributed by atoms with Gasteiger partial charge in [-0.2, -0.15) is 0 Å². The van der Waals surface area contributed by atoms with E-state index in [0.29, 0.717) is 5.56 Å². The summed E-state index contributed by atoms with van der Waals surface area (Å²) in [5, 5.41) is 3.51. The van der Waals surface area contributed by atoms with Crippen molar-refractivity contribution in [3.8, 4) is 0 Å². The van der Waals surface area contributed by atoms with Crippen molar-refractivity contribution < 1.29 is 4.79 Å². The van der Waals surface area contributed by atoms with Crippen LogP contribution in [0.1, 0.15) is 39.8 Å². The molecule has 2 fully saturated rings. The topological polar surface area (TPSA) is 49.3 Å². The van der Waals surface area contributed by atoms with Crippen LogP contribution in [0.2, 0.25) is 0 Å². The third kappa shape index (κ3) is 3.43. The monoisotopic (exact) mass is 328 g/mol. The van der Waals surface area contributed by atoms with E-state index in [1.54, 1.807) is 23.7 Å². The van der Waals surface area contributed by atoms with Crippen LogP contribution in [0.15, 0.2) is 29.9 Å². The zero-order chi connectivity index (χ0) is 15.6. The van der Waals surface area contributed by atoms with Gasteiger partial charge in [-0.3, -0.25) is 14.7 Å². The van der Waals surface area contributed by atoms with E-state index in [9.17, 15) is 4.79 Å². The largest absolute Gasteiger partial charge is 0.336 e. The van der Waals surface area contributed by atoms with E-state index in [4.69, 9.17) is 4.98 Å². The molecule has 0 atom stereocenters. The maximum atomic E-state index is 12.4. The number of pyridine rings is 1. The maximum absolute atomic E-state index is 12.4. The highest BCUT2D eigenvalue weighted by molar-refractivity contribution is 7.09. The molecule has 2 aromatic rings. The summed E-state index contributed by atoms with van der Waals surface area (Å²) in [5.41, 5.74) is 1.86. The molecule has 23 heavy (non-hydrogen) atoms. The fraction of sp³-hybridized carbons (Fsp3) is 0.471. The lowest BCUT2D eigenvalue weighted by molar-refractivity contribution is 0.0627. The van der Waals surface area contributed by atoms with E-state index in [1.807, 2.05) is 17.0 Å². The van der Waals surface area contributed by atoms with Crippen LogP contribution in [-0.2, 0) is 6.54 Å². The highest BCUT2D eigenvalue weighted by Gasteiger charge is 2.27. The van der Waals surface area contributed by atoms with Crippen LogP contribution in [0.3, 0.4) is 0 Å². The SMILES string of the molecule is O=C(c1cccnc1)N1CCN(Cc2csc(C3CC3)n2)CC1. The van der Waals surface area contributed by atoms with E-state index in [0.717, 1.165) is 38.6 Å². The third-order valence-corrected chi connectivity index (χ3v) is 5.51. The number of carbonyl (C=O) groups excluding carboxylic acids is 1. The molecule has 1 aliphatic carbocycles. The number of aromatic nitrogens is 2. The highest BCUT2D eigenvalue weighted by Crippen LogP contribution is 2.41. The van der Waals surface area contributed by atoms with Crippen LogP contribution in [0.5, 0.6) is 0 Å². The number of amides is 1. The molecule has 1 aliphatic heterocycles. The van der Waals surface area contributed by atoms with E-state index in [1.165, 1.54) is 23.5 Å². The Bertz CT molecular complexity index is 675. The molecule has 6 heteroatoms. The standard InChI is InChI=1S/C17H20N4OS/c22-17(14-2-1-5-18-10-14)21-8-6-20(7-9-21)11-15-12-23-16(19-15)13-3-4-13/h1-2,5,10,12-13H,3-4,6-9,11H2. The molecule has 120 valence electrons. The van der Waals surface area contributed by atoms with Gasteiger partial charge in [0.25, 0.3) is 5.91 Å². The Balaban J connectivity index is 1.31. The van der Waals surface area contributed by atoms with E-state index < -0.39 is 0 Å². The van der Waals surface area contributed by atoms with Crippen molar-refractivity contribution in [1.82, 2.24) is 19.8 Å². The van der Waals surface area contributed by atoms with Gasteiger partial charge in [0.15, 0.2) is 0 Å². The minimum Gasteiger partial charge on any atom is -0.336 e. The number of carbonyl (C=O) groups is 1. The second kappa shape index (κ2) is 6.37. The Kier molecular flexibility index (Phi) is 4.10. The Labute approximate surface area is 140 Å². The molecule has 0 spiro atoms. The number of nitrogens with zero attached hydrogens (tertiary/aromatic N) is 4. The minimum atomic E-state index is 0.0856. The van der Waals surface area contributed by atoms with Crippen LogP contribution in [0.4, 0.5) is 0 Å². The van der Waals surface area contributed by atoms with Gasteiger partial charge in [0.1, 0.15) is 0 Å². The summed E-state index contributed by atoms with van der Waals surface area (Å²) >= 11 is 1.80. The molecule has 0 radical (unpaired) electrons. The normalized spacial score (nSPS) is 19.0. The minimum absolute atomic E-state index is 0.0856. The van der Waals surface area contributed by atoms with Crippen molar-refractivity contribution in [3.05, 3.63) is 46.2 Å². The van der Waals surface area contributed by atoms with Crippen molar-refractivity contribution in [2.75, 3.05) is 26.2 Å². The maximum Gasteiger partial charge on any atom is 0.255 e. The van der Waals surface area contributed by atoms with E-state index >= 15 is 0 Å². The number of piperazine rings is 1. The lowest BCUT2D eigenvalue weighted by Gasteiger charge is -2.34. The summed E-state index contributed by atoms with van der Waals surface area (Å²) < 4.78 is 0. The summed E-state index contributed by atoms with van der Waals surface area (Å²) in [6, 6.07) is 3.64. The second-order valence-corrected chi connectivity index (χ2v) is 7.15. The first-order valence-corrected chi connectivity index (χ1v) is 9.03. The number of thiazole rings is 1. The van der Waals surface area contributed by atoms with Gasteiger partial charge in [-0.25, -0.2) is 4.98 Å². The first kappa shape index (κ1) is 14.8. The van der Waals surface area contributed by atoms with Gasteiger partial charge in [0.2, 0.25) is 0 Å². The third-order valence-electron chi connectivity index (χ3n) is 4.45. The van der Waals surface area contributed by atoms with Crippen molar-refractivity contribution in [2.24, 2.45) is 0 Å². The van der Waals surface area contributed by atoms with Crippen molar-refractivity contribution in [3.63, 3.8) is 0 Å². The Hall–Kier alpha value is -1.79. The fourth-order valence-corrected chi connectivity index (χ4v) is 3.91. The Morgan fingerprint density at radius 1 is 1.26 bits per heavy atom. The van der Waals surface area contributed by atoms with E-state index in [2.05, 4.69) is 15.3 Å². The fourth-order valence-electron chi connectivity index (χ4n) is 2.92. The first-order valence-electron chi connectivity index (χ1n) is 8.15. The molecular weight excluding hydrogens is 308 g/mol. The van der Waals surface area contributed by atoms with Crippen LogP contribution < -0.4 is 0 Å². The van der Waals surface area contributed by atoms with Gasteiger partial charge in [-0.1, -0.05) is 0 Å². The number of rotatable bonds is 4. The average molecular weight is 328 g/mol. The Morgan fingerprint density at radius 2 is 2.09 bits per heavy atom. The molecule has 1 amide bonds. The molecule has 4 rings (SSSR count). The molecule has 2 aromatic heterocycles. The Morgan fingerprint density at radius 3 is 2.78 bits per heavy atom. The molecule has 2 aliphatic rings. The smallest absolute Gasteiger partial charge is 0.255 e. The molecule has 5 nitrogen and oxygen atoms in total. The molecule has 0 aromatic carbocycles. The average Bonchev–Trinajstić information content (AvgIpc) is 3.36. The molecule has 0 unspecified atom stereocenters.